The first-order valence-corrected chi connectivity index (χ1v) is 10.2. The van der Waals surface area contributed by atoms with E-state index < -0.39 is 10.0 Å². The number of hydrogen-bond donors (Lipinski definition) is 3. The maximum absolute atomic E-state index is 11.4. The van der Waals surface area contributed by atoms with Gasteiger partial charge in [0, 0.05) is 25.0 Å². The van der Waals surface area contributed by atoms with Crippen LogP contribution in [0.1, 0.15) is 32.3 Å². The molecular weight excluding hydrogens is 451 g/mol. The Morgan fingerprint density at radius 3 is 2.36 bits per heavy atom. The van der Waals surface area contributed by atoms with E-state index in [1.54, 1.807) is 6.92 Å². The van der Waals surface area contributed by atoms with Crippen molar-refractivity contribution in [3.63, 3.8) is 0 Å². The van der Waals surface area contributed by atoms with Crippen LogP contribution in [0.3, 0.4) is 0 Å². The Labute approximate surface area is 168 Å². The van der Waals surface area contributed by atoms with E-state index in [9.17, 15) is 8.42 Å². The predicted molar refractivity (Wildman–Crippen MR) is 114 cm³/mol. The van der Waals surface area contributed by atoms with Crippen LogP contribution in [-0.4, -0.2) is 46.3 Å². The SMILES string of the molecule is CCNC(=NCC1(c2ccccc2)CC1)NCCNS(=O)(=O)CC.I. The molecule has 1 saturated carbocycles. The van der Waals surface area contributed by atoms with E-state index in [0.717, 1.165) is 31.9 Å². The topological polar surface area (TPSA) is 82.6 Å². The summed E-state index contributed by atoms with van der Waals surface area (Å²) in [7, 11) is -3.14. The largest absolute Gasteiger partial charge is 0.357 e. The van der Waals surface area contributed by atoms with Crippen LogP contribution in [0.5, 0.6) is 0 Å². The average molecular weight is 480 g/mol. The molecule has 1 aromatic rings. The minimum absolute atomic E-state index is 0. The number of sulfonamides is 1. The van der Waals surface area contributed by atoms with E-state index in [1.807, 2.05) is 13.0 Å². The quantitative estimate of drug-likeness (QED) is 0.218. The number of hydrogen-bond acceptors (Lipinski definition) is 3. The minimum atomic E-state index is -3.14. The second kappa shape index (κ2) is 10.3. The van der Waals surface area contributed by atoms with Gasteiger partial charge in [0.2, 0.25) is 10.0 Å². The number of benzene rings is 1. The molecule has 25 heavy (non-hydrogen) atoms. The number of rotatable bonds is 9. The molecule has 1 aliphatic rings. The van der Waals surface area contributed by atoms with Crippen molar-refractivity contribution in [2.24, 2.45) is 4.99 Å². The minimum Gasteiger partial charge on any atom is -0.357 e. The van der Waals surface area contributed by atoms with Crippen LogP contribution in [0.4, 0.5) is 0 Å². The molecule has 2 rings (SSSR count). The van der Waals surface area contributed by atoms with Crippen LogP contribution in [0.2, 0.25) is 0 Å². The van der Waals surface area contributed by atoms with Crippen molar-refractivity contribution in [2.75, 3.05) is 31.9 Å². The fraction of sp³-hybridized carbons (Fsp3) is 0.588. The maximum atomic E-state index is 11.4. The highest BCUT2D eigenvalue weighted by Gasteiger charge is 2.43. The van der Waals surface area contributed by atoms with Crippen molar-refractivity contribution in [3.8, 4) is 0 Å². The molecule has 0 heterocycles. The van der Waals surface area contributed by atoms with Crippen LogP contribution >= 0.6 is 24.0 Å². The molecule has 0 aliphatic heterocycles. The summed E-state index contributed by atoms with van der Waals surface area (Å²) < 4.78 is 25.4. The third-order valence-corrected chi connectivity index (χ3v) is 5.65. The summed E-state index contributed by atoms with van der Waals surface area (Å²) in [6.45, 7) is 6.01. The molecule has 3 N–H and O–H groups in total. The fourth-order valence-corrected chi connectivity index (χ4v) is 3.16. The van der Waals surface area contributed by atoms with Crippen molar-refractivity contribution in [3.05, 3.63) is 35.9 Å². The van der Waals surface area contributed by atoms with Gasteiger partial charge in [-0.25, -0.2) is 13.1 Å². The molecule has 6 nitrogen and oxygen atoms in total. The molecule has 1 fully saturated rings. The van der Waals surface area contributed by atoms with Crippen molar-refractivity contribution >= 4 is 40.0 Å². The average Bonchev–Trinajstić information content (AvgIpc) is 3.38. The van der Waals surface area contributed by atoms with Crippen LogP contribution in [0.15, 0.2) is 35.3 Å². The van der Waals surface area contributed by atoms with Gasteiger partial charge in [-0.2, -0.15) is 0 Å². The Morgan fingerprint density at radius 2 is 1.80 bits per heavy atom. The lowest BCUT2D eigenvalue weighted by molar-refractivity contribution is 0.581. The molecule has 0 unspecified atom stereocenters. The highest BCUT2D eigenvalue weighted by atomic mass is 127. The van der Waals surface area contributed by atoms with E-state index in [0.29, 0.717) is 13.1 Å². The summed E-state index contributed by atoms with van der Waals surface area (Å²) >= 11 is 0. The molecular formula is C17H29IN4O2S. The van der Waals surface area contributed by atoms with Crippen LogP contribution in [-0.2, 0) is 15.4 Å². The zero-order valence-corrected chi connectivity index (χ0v) is 18.1. The number of halogens is 1. The van der Waals surface area contributed by atoms with Gasteiger partial charge in [0.25, 0.3) is 0 Å². The molecule has 0 atom stereocenters. The van der Waals surface area contributed by atoms with E-state index in [2.05, 4.69) is 39.6 Å². The van der Waals surface area contributed by atoms with Gasteiger partial charge < -0.3 is 10.6 Å². The molecule has 0 bridgehead atoms. The molecule has 0 aromatic heterocycles. The lowest BCUT2D eigenvalue weighted by Gasteiger charge is -2.16. The van der Waals surface area contributed by atoms with Crippen molar-refractivity contribution < 1.29 is 8.42 Å². The van der Waals surface area contributed by atoms with E-state index in [-0.39, 0.29) is 35.1 Å². The Morgan fingerprint density at radius 1 is 1.12 bits per heavy atom. The normalized spacial score (nSPS) is 16.0. The van der Waals surface area contributed by atoms with Crippen LogP contribution in [0, 0.1) is 0 Å². The van der Waals surface area contributed by atoms with Gasteiger partial charge in [-0.15, -0.1) is 24.0 Å². The zero-order valence-electron chi connectivity index (χ0n) is 14.9. The monoisotopic (exact) mass is 480 g/mol. The molecule has 142 valence electrons. The second-order valence-corrected chi connectivity index (χ2v) is 8.16. The predicted octanol–water partition coefficient (Wildman–Crippen LogP) is 1.83. The molecule has 8 heteroatoms. The molecule has 0 amide bonds. The lowest BCUT2D eigenvalue weighted by atomic mass is 9.96. The summed E-state index contributed by atoms with van der Waals surface area (Å²) in [5.41, 5.74) is 1.52. The summed E-state index contributed by atoms with van der Waals surface area (Å²) in [6.07, 6.45) is 2.33. The first-order chi connectivity index (χ1) is 11.5. The van der Waals surface area contributed by atoms with E-state index in [4.69, 9.17) is 4.99 Å². The van der Waals surface area contributed by atoms with Gasteiger partial charge in [0.05, 0.1) is 12.3 Å². The summed E-state index contributed by atoms with van der Waals surface area (Å²) in [5.74, 6) is 0.830. The van der Waals surface area contributed by atoms with Gasteiger partial charge in [0.15, 0.2) is 5.96 Å². The second-order valence-electron chi connectivity index (χ2n) is 6.07. The Kier molecular flexibility index (Phi) is 9.15. The smallest absolute Gasteiger partial charge is 0.211 e. The van der Waals surface area contributed by atoms with Crippen LogP contribution < -0.4 is 15.4 Å². The molecule has 0 saturated heterocycles. The highest BCUT2D eigenvalue weighted by Crippen LogP contribution is 2.48. The zero-order chi connectivity index (χ0) is 17.5. The number of aliphatic imine (C=N–C) groups is 1. The number of nitrogens with zero attached hydrogens (tertiary/aromatic N) is 1. The highest BCUT2D eigenvalue weighted by molar-refractivity contribution is 14.0. The summed E-state index contributed by atoms with van der Waals surface area (Å²) in [4.78, 5) is 4.70. The Hall–Kier alpha value is -0.870. The molecule has 0 spiro atoms. The van der Waals surface area contributed by atoms with Gasteiger partial charge in [0.1, 0.15) is 0 Å². The van der Waals surface area contributed by atoms with Gasteiger partial charge in [-0.1, -0.05) is 30.3 Å². The first-order valence-electron chi connectivity index (χ1n) is 8.56. The van der Waals surface area contributed by atoms with Gasteiger partial charge >= 0.3 is 0 Å². The van der Waals surface area contributed by atoms with E-state index in [1.165, 1.54) is 5.56 Å². The Bertz CT molecular complexity index is 646. The number of guanidine groups is 1. The summed E-state index contributed by atoms with van der Waals surface area (Å²) in [5, 5.41) is 6.39. The molecule has 1 aliphatic carbocycles. The molecule has 1 aromatic carbocycles. The maximum Gasteiger partial charge on any atom is 0.211 e. The molecule has 0 radical (unpaired) electrons. The van der Waals surface area contributed by atoms with Crippen molar-refractivity contribution in [1.82, 2.24) is 15.4 Å². The number of nitrogens with one attached hydrogen (secondary N) is 3. The van der Waals surface area contributed by atoms with E-state index >= 15 is 0 Å². The summed E-state index contributed by atoms with van der Waals surface area (Å²) in [6, 6.07) is 10.5. The van der Waals surface area contributed by atoms with Gasteiger partial charge in [-0.05, 0) is 32.3 Å². The fourth-order valence-electron chi connectivity index (χ4n) is 2.54. The van der Waals surface area contributed by atoms with Crippen LogP contribution in [0.25, 0.3) is 0 Å². The van der Waals surface area contributed by atoms with Crippen molar-refractivity contribution in [1.29, 1.82) is 0 Å². The third kappa shape index (κ3) is 7.10. The Balaban J connectivity index is 0.00000312. The first kappa shape index (κ1) is 22.2. The standard InChI is InChI=1S/C17H28N4O2S.HI/c1-3-18-16(19-12-13-21-24(22,23)4-2)20-14-17(10-11-17)15-8-6-5-7-9-15;/h5-9,21H,3-4,10-14H2,1-2H3,(H2,18,19,20);1H. The van der Waals surface area contributed by atoms with Gasteiger partial charge in [-0.3, -0.25) is 4.99 Å². The lowest BCUT2D eigenvalue weighted by Crippen LogP contribution is -2.42. The third-order valence-electron chi connectivity index (χ3n) is 4.24. The van der Waals surface area contributed by atoms with Crippen molar-refractivity contribution in [2.45, 2.75) is 32.1 Å².